The maximum atomic E-state index is 15.4. The lowest BCUT2D eigenvalue weighted by molar-refractivity contribution is 0.443. The first kappa shape index (κ1) is 23.7. The van der Waals surface area contributed by atoms with Gasteiger partial charge >= 0.3 is 0 Å². The van der Waals surface area contributed by atoms with Gasteiger partial charge in [0.05, 0.1) is 36.2 Å². The van der Waals surface area contributed by atoms with Crippen LogP contribution in [0.2, 0.25) is 10.0 Å². The number of hydrogen-bond acceptors (Lipinski definition) is 6. The number of pyridine rings is 1. The van der Waals surface area contributed by atoms with Crippen molar-refractivity contribution in [3.05, 3.63) is 75.4 Å². The molecule has 0 radical (unpaired) electrons. The largest absolute Gasteiger partial charge is 0.383 e. The standard InChI is InChI=1S/C28H28Cl2FN7/c1-27(2,3)15-34-24-16(12-32)13-33-25-18(24)10-17(11-20(25)30)35-26(23-19(29)6-5-7-21(23)31)22-14-38(37-36-22)28(4)8-9-28/h5-7,10-11,13-14,26,35H,8-9,15H2,1-4H3,(H,33,34)/t26-/m1/s1/i14D,26D. The molecule has 10 heteroatoms. The third-order valence-electron chi connectivity index (χ3n) is 6.49. The van der Waals surface area contributed by atoms with E-state index in [4.69, 9.17) is 24.6 Å². The van der Waals surface area contributed by atoms with Crippen molar-refractivity contribution >= 4 is 45.5 Å². The molecule has 0 aliphatic heterocycles. The molecule has 1 aliphatic carbocycles. The fourth-order valence-electron chi connectivity index (χ4n) is 4.06. The van der Waals surface area contributed by atoms with Crippen molar-refractivity contribution < 1.29 is 7.13 Å². The fourth-order valence-corrected chi connectivity index (χ4v) is 4.58. The molecule has 2 aromatic carbocycles. The Kier molecular flexibility index (Phi) is 6.06. The van der Waals surface area contributed by atoms with Crippen LogP contribution in [0.3, 0.4) is 0 Å². The third kappa shape index (κ3) is 5.13. The number of rotatable bonds is 7. The quantitative estimate of drug-likeness (QED) is 0.249. The molecule has 38 heavy (non-hydrogen) atoms. The third-order valence-corrected chi connectivity index (χ3v) is 7.09. The number of anilines is 2. The second-order valence-electron chi connectivity index (χ2n) is 11.0. The summed E-state index contributed by atoms with van der Waals surface area (Å²) in [5.41, 5.74) is 0.860. The van der Waals surface area contributed by atoms with Crippen molar-refractivity contribution in [2.75, 3.05) is 17.2 Å². The number of fused-ring (bicyclic) bond motifs is 1. The van der Waals surface area contributed by atoms with E-state index >= 15 is 4.39 Å². The van der Waals surface area contributed by atoms with Gasteiger partial charge in [-0.3, -0.25) is 4.98 Å². The highest BCUT2D eigenvalue weighted by Crippen LogP contribution is 2.43. The zero-order valence-corrected chi connectivity index (χ0v) is 23.0. The van der Waals surface area contributed by atoms with Gasteiger partial charge in [0.15, 0.2) is 0 Å². The maximum absolute atomic E-state index is 15.4. The topological polar surface area (TPSA) is 91.4 Å². The SMILES string of the molecule is [2H]c1c([C@@]([2H])(Nc2cc(Cl)c3ncc(C#N)c(NCC(C)(C)C)c3c2)c2c(F)cccc2Cl)nnn1C1(C)CC1. The van der Waals surface area contributed by atoms with Gasteiger partial charge in [0.2, 0.25) is 0 Å². The summed E-state index contributed by atoms with van der Waals surface area (Å²) in [6.45, 7) is 8.71. The molecular weight excluding hydrogens is 524 g/mol. The Balaban J connectivity index is 1.70. The summed E-state index contributed by atoms with van der Waals surface area (Å²) in [5.74, 6) is -0.741. The van der Waals surface area contributed by atoms with Crippen molar-refractivity contribution in [1.29, 1.82) is 5.26 Å². The molecule has 2 aromatic heterocycles. The summed E-state index contributed by atoms with van der Waals surface area (Å²) in [6.07, 6.45) is 2.98. The predicted octanol–water partition coefficient (Wildman–Crippen LogP) is 7.31. The first-order valence-corrected chi connectivity index (χ1v) is 13.0. The molecule has 0 spiro atoms. The minimum atomic E-state index is -2.15. The van der Waals surface area contributed by atoms with Gasteiger partial charge in [-0.15, -0.1) is 5.10 Å². The second-order valence-corrected chi connectivity index (χ2v) is 11.8. The molecule has 1 aliphatic rings. The van der Waals surface area contributed by atoms with E-state index in [9.17, 15) is 6.63 Å². The van der Waals surface area contributed by atoms with Crippen LogP contribution < -0.4 is 10.6 Å². The molecule has 0 unspecified atom stereocenters. The van der Waals surface area contributed by atoms with E-state index in [0.29, 0.717) is 34.4 Å². The summed E-state index contributed by atoms with van der Waals surface area (Å²) < 4.78 is 35.3. The number of nitrogens with zero attached hydrogens (tertiary/aromatic N) is 5. The van der Waals surface area contributed by atoms with Crippen molar-refractivity contribution in [1.82, 2.24) is 20.0 Å². The minimum absolute atomic E-state index is 0.0121. The summed E-state index contributed by atoms with van der Waals surface area (Å²) in [7, 11) is 0. The van der Waals surface area contributed by atoms with Crippen LogP contribution >= 0.6 is 23.2 Å². The Morgan fingerprint density at radius 2 is 2.05 bits per heavy atom. The fraction of sp³-hybridized carbons (Fsp3) is 0.357. The monoisotopic (exact) mass is 553 g/mol. The lowest BCUT2D eigenvalue weighted by Gasteiger charge is -2.23. The Morgan fingerprint density at radius 3 is 2.71 bits per heavy atom. The van der Waals surface area contributed by atoms with Crippen molar-refractivity contribution in [2.24, 2.45) is 5.41 Å². The first-order chi connectivity index (χ1) is 18.8. The molecule has 1 fully saturated rings. The van der Waals surface area contributed by atoms with Gasteiger partial charge < -0.3 is 10.6 Å². The number of nitrogens with one attached hydrogen (secondary N) is 2. The molecule has 0 bridgehead atoms. The summed E-state index contributed by atoms with van der Waals surface area (Å²) in [6, 6.07) is 7.39. The number of hydrogen-bond donors (Lipinski definition) is 2. The van der Waals surface area contributed by atoms with Gasteiger partial charge in [-0.25, -0.2) is 9.07 Å². The molecule has 7 nitrogen and oxygen atoms in total. The Bertz CT molecular complexity index is 1650. The molecule has 0 amide bonds. The molecule has 0 saturated heterocycles. The first-order valence-electron chi connectivity index (χ1n) is 13.2. The van der Waals surface area contributed by atoms with Crippen LogP contribution in [0.4, 0.5) is 15.8 Å². The predicted molar refractivity (Wildman–Crippen MR) is 149 cm³/mol. The van der Waals surface area contributed by atoms with E-state index in [1.165, 1.54) is 29.1 Å². The number of benzene rings is 2. The van der Waals surface area contributed by atoms with Crippen LogP contribution in [-0.2, 0) is 5.54 Å². The van der Waals surface area contributed by atoms with Gasteiger partial charge in [0.1, 0.15) is 23.6 Å². The van der Waals surface area contributed by atoms with Crippen LogP contribution in [0.1, 0.15) is 66.1 Å². The molecule has 2 heterocycles. The molecule has 196 valence electrons. The van der Waals surface area contributed by atoms with E-state index < -0.39 is 11.8 Å². The van der Waals surface area contributed by atoms with E-state index in [1.54, 1.807) is 12.1 Å². The van der Waals surface area contributed by atoms with E-state index in [0.717, 1.165) is 12.8 Å². The maximum Gasteiger partial charge on any atom is 0.130 e. The molecule has 5 rings (SSSR count). The summed E-state index contributed by atoms with van der Waals surface area (Å²) in [5, 5.41) is 25.3. The smallest absolute Gasteiger partial charge is 0.130 e. The van der Waals surface area contributed by atoms with Gasteiger partial charge in [-0.1, -0.05) is 55.3 Å². The number of halogens is 3. The van der Waals surface area contributed by atoms with Crippen LogP contribution in [0, 0.1) is 22.6 Å². The molecule has 2 N–H and O–H groups in total. The van der Waals surface area contributed by atoms with E-state index in [-0.39, 0.29) is 38.4 Å². The summed E-state index contributed by atoms with van der Waals surface area (Å²) in [4.78, 5) is 4.38. The normalized spacial score (nSPS) is 16.8. The average molecular weight is 554 g/mol. The highest BCUT2D eigenvalue weighted by molar-refractivity contribution is 6.36. The van der Waals surface area contributed by atoms with Gasteiger partial charge in [0, 0.05) is 34.4 Å². The molecular formula is C28H28Cl2FN7. The van der Waals surface area contributed by atoms with Crippen LogP contribution in [0.5, 0.6) is 0 Å². The molecule has 1 saturated carbocycles. The molecule has 1 atom stereocenters. The lowest BCUT2D eigenvalue weighted by Crippen LogP contribution is -2.20. The average Bonchev–Trinajstić information content (AvgIpc) is 3.48. The van der Waals surface area contributed by atoms with E-state index in [1.807, 2.05) is 6.92 Å². The Labute approximate surface area is 233 Å². The van der Waals surface area contributed by atoms with Crippen molar-refractivity contribution in [3.63, 3.8) is 0 Å². The highest BCUT2D eigenvalue weighted by Gasteiger charge is 2.41. The van der Waals surface area contributed by atoms with Crippen LogP contribution in [0.15, 0.2) is 42.7 Å². The molecule has 4 aromatic rings. The Morgan fingerprint density at radius 1 is 1.29 bits per heavy atom. The lowest BCUT2D eigenvalue weighted by atomic mass is 9.96. The van der Waals surface area contributed by atoms with Crippen LogP contribution in [0.25, 0.3) is 10.9 Å². The second kappa shape index (κ2) is 9.72. The van der Waals surface area contributed by atoms with Gasteiger partial charge in [-0.05, 0) is 49.4 Å². The van der Waals surface area contributed by atoms with Gasteiger partial charge in [0.25, 0.3) is 0 Å². The van der Waals surface area contributed by atoms with E-state index in [2.05, 4.69) is 52.8 Å². The van der Waals surface area contributed by atoms with Gasteiger partial charge in [-0.2, -0.15) is 5.26 Å². The minimum Gasteiger partial charge on any atom is -0.383 e. The zero-order chi connectivity index (χ0) is 29.0. The number of nitriles is 1. The zero-order valence-electron chi connectivity index (χ0n) is 23.5. The van der Waals surface area contributed by atoms with Crippen molar-refractivity contribution in [2.45, 2.75) is 52.1 Å². The van der Waals surface area contributed by atoms with Crippen LogP contribution in [-0.4, -0.2) is 26.5 Å². The number of aromatic nitrogens is 4. The van der Waals surface area contributed by atoms with Crippen molar-refractivity contribution in [3.8, 4) is 6.07 Å². The Hall–Kier alpha value is -3.41. The summed E-state index contributed by atoms with van der Waals surface area (Å²) >= 11 is 13.1. The highest BCUT2D eigenvalue weighted by atomic mass is 35.5.